The second-order valence-corrected chi connectivity index (χ2v) is 6.57. The van der Waals surface area contributed by atoms with Crippen LogP contribution in [0.25, 0.3) is 0 Å². The van der Waals surface area contributed by atoms with Crippen LogP contribution >= 0.6 is 23.4 Å². The lowest BCUT2D eigenvalue weighted by atomic mass is 10.1. The second kappa shape index (κ2) is 6.97. The number of carbonyl (C=O) groups excluding carboxylic acids is 1. The van der Waals surface area contributed by atoms with Gasteiger partial charge in [-0.2, -0.15) is 0 Å². The van der Waals surface area contributed by atoms with Crippen LogP contribution in [0, 0.1) is 0 Å². The monoisotopic (exact) mass is 348 g/mol. The van der Waals surface area contributed by atoms with E-state index in [2.05, 4.69) is 15.5 Å². The Kier molecular flexibility index (Phi) is 4.78. The number of thioether (sulfide) groups is 1. The molecule has 6 nitrogen and oxygen atoms in total. The topological polar surface area (TPSA) is 73.8 Å². The molecule has 0 bridgehead atoms. The van der Waals surface area contributed by atoms with E-state index in [1.165, 1.54) is 11.8 Å². The molecule has 23 heavy (non-hydrogen) atoms. The number of nitrogens with zero attached hydrogens (tertiary/aromatic N) is 4. The van der Waals surface area contributed by atoms with Crippen molar-refractivity contribution in [3.8, 4) is 0 Å². The molecule has 0 spiro atoms. The normalized spacial score (nSPS) is 12.3. The van der Waals surface area contributed by atoms with Crippen molar-refractivity contribution in [3.63, 3.8) is 0 Å². The van der Waals surface area contributed by atoms with Gasteiger partial charge in [-0.1, -0.05) is 23.4 Å². The molecule has 0 amide bonds. The Morgan fingerprint density at radius 3 is 2.83 bits per heavy atom. The molecule has 1 aromatic carbocycles. The van der Waals surface area contributed by atoms with E-state index in [4.69, 9.17) is 16.0 Å². The van der Waals surface area contributed by atoms with Gasteiger partial charge in [0.25, 0.3) is 0 Å². The van der Waals surface area contributed by atoms with Crippen LogP contribution in [0.5, 0.6) is 0 Å². The van der Waals surface area contributed by atoms with Crippen molar-refractivity contribution in [1.82, 2.24) is 20.2 Å². The van der Waals surface area contributed by atoms with Crippen molar-refractivity contribution in [2.24, 2.45) is 0 Å². The number of halogens is 1. The number of Topliss-reactive ketones (excluding diaryl/α,β-unsaturated/α-hetero) is 1. The van der Waals surface area contributed by atoms with Crippen LogP contribution in [0.3, 0.4) is 0 Å². The first-order chi connectivity index (χ1) is 11.1. The lowest BCUT2D eigenvalue weighted by Gasteiger charge is -2.09. The van der Waals surface area contributed by atoms with E-state index in [0.717, 1.165) is 5.76 Å². The molecule has 118 valence electrons. The Morgan fingerprint density at radius 2 is 2.13 bits per heavy atom. The van der Waals surface area contributed by atoms with Crippen molar-refractivity contribution >= 4 is 29.1 Å². The number of furan rings is 1. The van der Waals surface area contributed by atoms with Crippen LogP contribution < -0.4 is 0 Å². The molecular weight excluding hydrogens is 336 g/mol. The molecule has 8 heteroatoms. The summed E-state index contributed by atoms with van der Waals surface area (Å²) in [5.74, 6) is 0.745. The smallest absolute Gasteiger partial charge is 0.210 e. The van der Waals surface area contributed by atoms with Gasteiger partial charge in [0.15, 0.2) is 5.78 Å². The molecule has 0 fully saturated rings. The number of benzene rings is 1. The molecule has 0 aliphatic rings. The zero-order valence-electron chi connectivity index (χ0n) is 12.2. The molecular formula is C15H13ClN4O2S. The van der Waals surface area contributed by atoms with Crippen molar-refractivity contribution in [2.45, 2.75) is 23.9 Å². The van der Waals surface area contributed by atoms with Gasteiger partial charge in [0.05, 0.1) is 11.5 Å². The van der Waals surface area contributed by atoms with Gasteiger partial charge in [-0.05, 0) is 53.7 Å². The summed E-state index contributed by atoms with van der Waals surface area (Å²) in [4.78, 5) is 12.5. The summed E-state index contributed by atoms with van der Waals surface area (Å²) in [6.45, 7) is 2.25. The Balaban J connectivity index is 1.70. The van der Waals surface area contributed by atoms with Crippen molar-refractivity contribution in [1.29, 1.82) is 0 Å². The van der Waals surface area contributed by atoms with Crippen LogP contribution in [0.15, 0.2) is 52.2 Å². The van der Waals surface area contributed by atoms with Crippen molar-refractivity contribution in [2.75, 3.05) is 0 Å². The van der Waals surface area contributed by atoms with Gasteiger partial charge in [-0.25, -0.2) is 4.68 Å². The molecule has 0 saturated carbocycles. The predicted molar refractivity (Wildman–Crippen MR) is 86.7 cm³/mol. The number of tetrazole rings is 1. The van der Waals surface area contributed by atoms with Crippen molar-refractivity contribution in [3.05, 3.63) is 59.0 Å². The zero-order chi connectivity index (χ0) is 16.2. The third kappa shape index (κ3) is 3.80. The maximum Gasteiger partial charge on any atom is 0.210 e. The summed E-state index contributed by atoms with van der Waals surface area (Å²) in [6.07, 6.45) is 1.60. The summed E-state index contributed by atoms with van der Waals surface area (Å²) >= 11 is 7.15. The van der Waals surface area contributed by atoms with E-state index in [-0.39, 0.29) is 11.0 Å². The minimum absolute atomic E-state index is 0.000727. The van der Waals surface area contributed by atoms with E-state index in [9.17, 15) is 4.79 Å². The largest absolute Gasteiger partial charge is 0.467 e. The highest BCUT2D eigenvalue weighted by Gasteiger charge is 2.20. The van der Waals surface area contributed by atoms with Gasteiger partial charge in [0.2, 0.25) is 5.16 Å². The molecule has 0 aliphatic carbocycles. The average Bonchev–Trinajstić information content (AvgIpc) is 3.20. The van der Waals surface area contributed by atoms with Crippen LogP contribution in [-0.2, 0) is 6.54 Å². The standard InChI is InChI=1S/C15H13ClN4O2S/c1-10(14(21)11-4-6-12(16)7-5-11)23-15-17-18-19-20(15)9-13-3-2-8-22-13/h2-8,10H,9H2,1H3. The third-order valence-corrected chi connectivity index (χ3v) is 4.49. The summed E-state index contributed by atoms with van der Waals surface area (Å²) in [7, 11) is 0. The Morgan fingerprint density at radius 1 is 1.35 bits per heavy atom. The number of aromatic nitrogens is 4. The lowest BCUT2D eigenvalue weighted by molar-refractivity contribution is 0.0994. The van der Waals surface area contributed by atoms with Crippen LogP contribution in [0.2, 0.25) is 5.02 Å². The van der Waals surface area contributed by atoms with Gasteiger partial charge >= 0.3 is 0 Å². The fraction of sp³-hybridized carbons (Fsp3) is 0.200. The molecule has 3 aromatic rings. The summed E-state index contributed by atoms with van der Waals surface area (Å²) in [5.41, 5.74) is 0.611. The molecule has 1 atom stereocenters. The fourth-order valence-electron chi connectivity index (χ4n) is 1.99. The van der Waals surface area contributed by atoms with E-state index in [1.807, 2.05) is 13.0 Å². The Hall–Kier alpha value is -2.12. The highest BCUT2D eigenvalue weighted by molar-refractivity contribution is 8.00. The van der Waals surface area contributed by atoms with E-state index < -0.39 is 0 Å². The number of carbonyl (C=O) groups is 1. The molecule has 2 aromatic heterocycles. The zero-order valence-corrected chi connectivity index (χ0v) is 13.8. The van der Waals surface area contributed by atoms with Gasteiger partial charge < -0.3 is 4.42 Å². The summed E-state index contributed by atoms with van der Waals surface area (Å²) in [6, 6.07) is 10.5. The van der Waals surface area contributed by atoms with Crippen LogP contribution in [-0.4, -0.2) is 31.2 Å². The first-order valence-corrected chi connectivity index (χ1v) is 8.14. The van der Waals surface area contributed by atoms with E-state index in [1.54, 1.807) is 41.3 Å². The number of hydrogen-bond donors (Lipinski definition) is 0. The molecule has 0 aliphatic heterocycles. The SMILES string of the molecule is CC(Sc1nnnn1Cc1ccco1)C(=O)c1ccc(Cl)cc1. The lowest BCUT2D eigenvalue weighted by Crippen LogP contribution is -2.15. The van der Waals surface area contributed by atoms with Crippen molar-refractivity contribution < 1.29 is 9.21 Å². The Labute approximate surface area is 141 Å². The average molecular weight is 349 g/mol. The third-order valence-electron chi connectivity index (χ3n) is 3.16. The van der Waals surface area contributed by atoms with E-state index >= 15 is 0 Å². The number of ketones is 1. The molecule has 0 radical (unpaired) electrons. The maximum atomic E-state index is 12.5. The minimum atomic E-state index is -0.322. The van der Waals surface area contributed by atoms with Gasteiger partial charge in [0, 0.05) is 10.6 Å². The van der Waals surface area contributed by atoms with Gasteiger partial charge in [-0.3, -0.25) is 4.79 Å². The Bertz CT molecular complexity index is 786. The van der Waals surface area contributed by atoms with Gasteiger partial charge in [0.1, 0.15) is 12.3 Å². The predicted octanol–water partition coefficient (Wildman–Crippen LogP) is 3.33. The number of rotatable bonds is 6. The highest BCUT2D eigenvalue weighted by atomic mass is 35.5. The van der Waals surface area contributed by atoms with Gasteiger partial charge in [-0.15, -0.1) is 5.10 Å². The minimum Gasteiger partial charge on any atom is -0.467 e. The molecule has 2 heterocycles. The highest BCUT2D eigenvalue weighted by Crippen LogP contribution is 2.24. The molecule has 0 saturated heterocycles. The maximum absolute atomic E-state index is 12.5. The van der Waals surface area contributed by atoms with E-state index in [0.29, 0.717) is 22.3 Å². The quantitative estimate of drug-likeness (QED) is 0.502. The number of hydrogen-bond acceptors (Lipinski definition) is 6. The van der Waals surface area contributed by atoms with Crippen LogP contribution in [0.1, 0.15) is 23.0 Å². The first kappa shape index (κ1) is 15.8. The van der Waals surface area contributed by atoms with Crippen LogP contribution in [0.4, 0.5) is 0 Å². The first-order valence-electron chi connectivity index (χ1n) is 6.88. The summed E-state index contributed by atoms with van der Waals surface area (Å²) in [5, 5.41) is 12.4. The summed E-state index contributed by atoms with van der Waals surface area (Å²) < 4.78 is 6.90. The fourth-order valence-corrected chi connectivity index (χ4v) is 2.98. The molecule has 1 unspecified atom stereocenters. The molecule has 0 N–H and O–H groups in total. The molecule has 3 rings (SSSR count). The second-order valence-electron chi connectivity index (χ2n) is 4.83.